The van der Waals surface area contributed by atoms with E-state index >= 15 is 0 Å². The van der Waals surface area contributed by atoms with Crippen LogP contribution in [-0.2, 0) is 6.42 Å². The van der Waals surface area contributed by atoms with Gasteiger partial charge in [0.15, 0.2) is 5.65 Å². The van der Waals surface area contributed by atoms with E-state index in [-0.39, 0.29) is 8.41 Å². The summed E-state index contributed by atoms with van der Waals surface area (Å²) in [6.45, 7) is 2.01. The van der Waals surface area contributed by atoms with Crippen LogP contribution in [0.3, 0.4) is 0 Å². The molecule has 4 nitrogen and oxygen atoms in total. The molecule has 0 aromatic carbocycles. The first-order chi connectivity index (χ1) is 5.79. The van der Waals surface area contributed by atoms with Gasteiger partial charge in [-0.25, -0.2) is 4.98 Å². The monoisotopic (exact) mass is 167 g/mol. The number of nitrogens with one attached hydrogen (secondary N) is 2. The molecule has 0 unspecified atom stereocenters. The Morgan fingerprint density at radius 1 is 1.50 bits per heavy atom. The maximum Gasteiger partial charge on any atom is 0.249 e. The van der Waals surface area contributed by atoms with Crippen LogP contribution in [0.15, 0.2) is 16.9 Å². The standard InChI is InChI=1S/C8H9N3O.2H2/c1-2-6-9-5-3-4-7(12)11-8(5)10-6;;/h3-4H,2H2,1H3,(H2,9,10,11,12);2*1H. The van der Waals surface area contributed by atoms with Crippen molar-refractivity contribution < 1.29 is 2.85 Å². The molecular formula is C8H13N3O. The molecule has 2 aromatic heterocycles. The zero-order valence-corrected chi connectivity index (χ0v) is 6.72. The van der Waals surface area contributed by atoms with Gasteiger partial charge in [0.2, 0.25) is 5.56 Å². The summed E-state index contributed by atoms with van der Waals surface area (Å²) < 4.78 is 0. The SMILES string of the molecule is CCc1nc2[nH]c(=O)ccc2[nH]1.[HH].[HH]. The molecule has 12 heavy (non-hydrogen) atoms. The highest BCUT2D eigenvalue weighted by atomic mass is 16.1. The van der Waals surface area contributed by atoms with Crippen LogP contribution < -0.4 is 5.56 Å². The molecule has 0 aliphatic heterocycles. The van der Waals surface area contributed by atoms with Gasteiger partial charge in [0.1, 0.15) is 5.82 Å². The van der Waals surface area contributed by atoms with Crippen molar-refractivity contribution in [3.05, 3.63) is 28.3 Å². The van der Waals surface area contributed by atoms with Crippen LogP contribution >= 0.6 is 0 Å². The van der Waals surface area contributed by atoms with Gasteiger partial charge in [-0.15, -0.1) is 0 Å². The summed E-state index contributed by atoms with van der Waals surface area (Å²) in [4.78, 5) is 20.8. The second-order valence-corrected chi connectivity index (χ2v) is 2.62. The maximum atomic E-state index is 10.9. The second kappa shape index (κ2) is 2.48. The molecule has 0 aliphatic carbocycles. The van der Waals surface area contributed by atoms with E-state index < -0.39 is 0 Å². The van der Waals surface area contributed by atoms with E-state index in [0.29, 0.717) is 5.65 Å². The molecule has 0 spiro atoms. The average Bonchev–Trinajstić information content (AvgIpc) is 2.46. The number of aryl methyl sites for hydroxylation is 1. The number of fused-ring (bicyclic) bond motifs is 1. The molecule has 0 saturated heterocycles. The van der Waals surface area contributed by atoms with Gasteiger partial charge in [0, 0.05) is 15.3 Å². The average molecular weight is 167 g/mol. The molecule has 0 radical (unpaired) electrons. The zero-order valence-electron chi connectivity index (χ0n) is 6.72. The minimum atomic E-state index is -0.114. The number of pyridine rings is 1. The second-order valence-electron chi connectivity index (χ2n) is 2.62. The predicted molar refractivity (Wildman–Crippen MR) is 50.3 cm³/mol. The molecule has 2 aromatic rings. The fraction of sp³-hybridized carbons (Fsp3) is 0.250. The Morgan fingerprint density at radius 3 is 3.08 bits per heavy atom. The van der Waals surface area contributed by atoms with Crippen molar-refractivity contribution in [3.63, 3.8) is 0 Å². The van der Waals surface area contributed by atoms with Crippen LogP contribution in [0.4, 0.5) is 0 Å². The highest BCUT2D eigenvalue weighted by molar-refractivity contribution is 5.69. The summed E-state index contributed by atoms with van der Waals surface area (Å²) in [5, 5.41) is 0. The fourth-order valence-electron chi connectivity index (χ4n) is 1.14. The minimum absolute atomic E-state index is 0. The van der Waals surface area contributed by atoms with Crippen molar-refractivity contribution in [2.24, 2.45) is 0 Å². The number of rotatable bonds is 1. The molecule has 66 valence electrons. The fourth-order valence-corrected chi connectivity index (χ4v) is 1.14. The molecule has 0 atom stereocenters. The van der Waals surface area contributed by atoms with Crippen molar-refractivity contribution in [2.75, 3.05) is 0 Å². The lowest BCUT2D eigenvalue weighted by Gasteiger charge is -1.82. The molecule has 2 N–H and O–H groups in total. The lowest BCUT2D eigenvalue weighted by atomic mass is 10.4. The van der Waals surface area contributed by atoms with Crippen molar-refractivity contribution in [1.29, 1.82) is 0 Å². The van der Waals surface area contributed by atoms with Gasteiger partial charge in [-0.1, -0.05) is 6.92 Å². The van der Waals surface area contributed by atoms with Crippen molar-refractivity contribution in [3.8, 4) is 0 Å². The molecule has 2 heterocycles. The molecule has 0 bridgehead atoms. The van der Waals surface area contributed by atoms with Crippen molar-refractivity contribution in [2.45, 2.75) is 13.3 Å². The van der Waals surface area contributed by atoms with Gasteiger partial charge < -0.3 is 9.97 Å². The third-order valence-corrected chi connectivity index (χ3v) is 1.76. The molecule has 4 heteroatoms. The predicted octanol–water partition coefficient (Wildman–Crippen LogP) is 1.31. The van der Waals surface area contributed by atoms with Crippen LogP contribution in [0.5, 0.6) is 0 Å². The quantitative estimate of drug-likeness (QED) is 0.672. The molecule has 0 aliphatic rings. The van der Waals surface area contributed by atoms with E-state index in [1.54, 1.807) is 6.07 Å². The summed E-state index contributed by atoms with van der Waals surface area (Å²) in [6.07, 6.45) is 0.844. The molecular weight excluding hydrogens is 154 g/mol. The first-order valence-electron chi connectivity index (χ1n) is 3.87. The minimum Gasteiger partial charge on any atom is -0.341 e. The van der Waals surface area contributed by atoms with Gasteiger partial charge in [-0.2, -0.15) is 0 Å². The van der Waals surface area contributed by atoms with E-state index in [1.807, 2.05) is 6.92 Å². The third kappa shape index (κ3) is 1.01. The Balaban J connectivity index is 0.000000845. The first kappa shape index (κ1) is 7.09. The Hall–Kier alpha value is -1.58. The smallest absolute Gasteiger partial charge is 0.249 e. The number of H-pyrrole nitrogens is 2. The summed E-state index contributed by atoms with van der Waals surface area (Å²) in [5.41, 5.74) is 1.41. The van der Waals surface area contributed by atoms with Crippen LogP contribution in [0, 0.1) is 0 Å². The van der Waals surface area contributed by atoms with E-state index in [1.165, 1.54) is 6.07 Å². The van der Waals surface area contributed by atoms with Gasteiger partial charge in [0.05, 0.1) is 5.52 Å². The number of aromatic nitrogens is 3. The van der Waals surface area contributed by atoms with Crippen LogP contribution in [0.1, 0.15) is 15.6 Å². The largest absolute Gasteiger partial charge is 0.341 e. The lowest BCUT2D eigenvalue weighted by Crippen LogP contribution is -2.01. The highest BCUT2D eigenvalue weighted by Gasteiger charge is 1.99. The number of imidazole rings is 1. The topological polar surface area (TPSA) is 61.5 Å². The summed E-state index contributed by atoms with van der Waals surface area (Å²) in [7, 11) is 0. The number of aromatic amines is 2. The normalized spacial score (nSPS) is 10.8. The number of nitrogens with zero attached hydrogens (tertiary/aromatic N) is 1. The summed E-state index contributed by atoms with van der Waals surface area (Å²) in [5.74, 6) is 0.895. The van der Waals surface area contributed by atoms with Gasteiger partial charge in [0.25, 0.3) is 0 Å². The first-order valence-corrected chi connectivity index (χ1v) is 3.87. The van der Waals surface area contributed by atoms with Crippen LogP contribution in [0.2, 0.25) is 0 Å². The number of hydrogen-bond donors (Lipinski definition) is 2. The van der Waals surface area contributed by atoms with Crippen LogP contribution in [-0.4, -0.2) is 15.0 Å². The van der Waals surface area contributed by atoms with E-state index in [9.17, 15) is 4.79 Å². The van der Waals surface area contributed by atoms with Crippen molar-refractivity contribution >= 4 is 11.2 Å². The molecule has 0 saturated carbocycles. The Bertz CT molecular complexity index is 463. The highest BCUT2D eigenvalue weighted by Crippen LogP contribution is 2.05. The van der Waals surface area contributed by atoms with Gasteiger partial charge in [-0.05, 0) is 6.07 Å². The van der Waals surface area contributed by atoms with Gasteiger partial charge in [-0.3, -0.25) is 4.79 Å². The van der Waals surface area contributed by atoms with Crippen LogP contribution in [0.25, 0.3) is 11.2 Å². The van der Waals surface area contributed by atoms with Gasteiger partial charge >= 0.3 is 0 Å². The van der Waals surface area contributed by atoms with E-state index in [0.717, 1.165) is 17.8 Å². The van der Waals surface area contributed by atoms with Crippen molar-refractivity contribution in [1.82, 2.24) is 15.0 Å². The van der Waals surface area contributed by atoms with E-state index in [4.69, 9.17) is 0 Å². The number of hydrogen-bond acceptors (Lipinski definition) is 2. The lowest BCUT2D eigenvalue weighted by molar-refractivity contribution is 0.997. The maximum absolute atomic E-state index is 10.9. The summed E-state index contributed by atoms with van der Waals surface area (Å²) in [6, 6.07) is 3.22. The molecule has 2 rings (SSSR count). The van der Waals surface area contributed by atoms with E-state index in [2.05, 4.69) is 15.0 Å². The summed E-state index contributed by atoms with van der Waals surface area (Å²) >= 11 is 0. The Kier molecular flexibility index (Phi) is 1.46. The zero-order chi connectivity index (χ0) is 8.55. The Morgan fingerprint density at radius 2 is 2.33 bits per heavy atom. The molecule has 0 fully saturated rings. The third-order valence-electron chi connectivity index (χ3n) is 1.76. The molecule has 0 amide bonds. The Labute approximate surface area is 71.6 Å².